The van der Waals surface area contributed by atoms with Gasteiger partial charge in [0.15, 0.2) is 0 Å². The topological polar surface area (TPSA) is 50.7 Å². The number of para-hydroxylation sites is 1. The molecule has 0 radical (unpaired) electrons. The Morgan fingerprint density at radius 1 is 1.04 bits per heavy atom. The molecule has 3 aromatic rings. The summed E-state index contributed by atoms with van der Waals surface area (Å²) in [7, 11) is 0. The summed E-state index contributed by atoms with van der Waals surface area (Å²) in [6.45, 7) is 0.343. The van der Waals surface area contributed by atoms with E-state index in [-0.39, 0.29) is 5.91 Å². The minimum atomic E-state index is -0.284. The third-order valence-corrected chi connectivity index (χ3v) is 4.63. The second-order valence-corrected chi connectivity index (χ2v) is 6.95. The molecule has 1 amide bonds. The Kier molecular flexibility index (Phi) is 6.63. The Balaban J connectivity index is 1.65. The zero-order chi connectivity index (χ0) is 19.1. The maximum absolute atomic E-state index is 12.1. The van der Waals surface area contributed by atoms with E-state index in [9.17, 15) is 4.79 Å². The van der Waals surface area contributed by atoms with E-state index in [1.54, 1.807) is 30.5 Å². The summed E-state index contributed by atoms with van der Waals surface area (Å²) in [6.07, 6.45) is 1.55. The number of carbonyl (C=O) groups excluding carboxylic acids is 1. The minimum absolute atomic E-state index is 0.284. The van der Waals surface area contributed by atoms with Crippen LogP contribution in [0.25, 0.3) is 0 Å². The lowest BCUT2D eigenvalue weighted by molar-refractivity contribution is 0.0955. The van der Waals surface area contributed by atoms with Crippen LogP contribution in [-0.4, -0.2) is 12.1 Å². The molecule has 0 aliphatic rings. The first-order valence-corrected chi connectivity index (χ1v) is 9.35. The van der Waals surface area contributed by atoms with Gasteiger partial charge in [0, 0.05) is 26.2 Å². The molecule has 6 heteroatoms. The minimum Gasteiger partial charge on any atom is -0.488 e. The highest BCUT2D eigenvalue weighted by atomic mass is 79.9. The van der Waals surface area contributed by atoms with Gasteiger partial charge in [-0.2, -0.15) is 5.10 Å². The molecule has 27 heavy (non-hydrogen) atoms. The van der Waals surface area contributed by atoms with Gasteiger partial charge in [-0.05, 0) is 42.5 Å². The monoisotopic (exact) mass is 442 g/mol. The lowest BCUT2D eigenvalue weighted by Crippen LogP contribution is -2.17. The summed E-state index contributed by atoms with van der Waals surface area (Å²) < 4.78 is 6.78. The van der Waals surface area contributed by atoms with Crippen molar-refractivity contribution < 1.29 is 9.53 Å². The molecule has 0 unspecified atom stereocenters. The summed E-state index contributed by atoms with van der Waals surface area (Å²) in [5.74, 6) is 0.368. The van der Waals surface area contributed by atoms with Gasteiger partial charge in [0.05, 0.1) is 6.21 Å². The van der Waals surface area contributed by atoms with Gasteiger partial charge in [0.25, 0.3) is 5.91 Å². The second kappa shape index (κ2) is 9.35. The molecule has 0 aliphatic carbocycles. The molecule has 0 aliphatic heterocycles. The van der Waals surface area contributed by atoms with Gasteiger partial charge in [-0.25, -0.2) is 5.43 Å². The van der Waals surface area contributed by atoms with E-state index in [1.807, 2.05) is 48.5 Å². The maximum Gasteiger partial charge on any atom is 0.271 e. The molecule has 3 rings (SSSR count). The summed E-state index contributed by atoms with van der Waals surface area (Å²) in [4.78, 5) is 12.1. The SMILES string of the molecule is O=C(N/N=C\c1ccccc1OCc1ccccc1Cl)c1ccc(Br)cc1. The summed E-state index contributed by atoms with van der Waals surface area (Å²) >= 11 is 9.50. The third-order valence-electron chi connectivity index (χ3n) is 3.74. The number of rotatable bonds is 6. The van der Waals surface area contributed by atoms with Crippen LogP contribution < -0.4 is 10.2 Å². The Hall–Kier alpha value is -2.63. The third kappa shape index (κ3) is 5.42. The van der Waals surface area contributed by atoms with Crippen LogP contribution in [0.4, 0.5) is 0 Å². The number of ether oxygens (including phenoxy) is 1. The number of halogens is 2. The van der Waals surface area contributed by atoms with Gasteiger partial charge in [0.2, 0.25) is 0 Å². The van der Waals surface area contributed by atoms with E-state index >= 15 is 0 Å². The number of nitrogens with zero attached hydrogens (tertiary/aromatic N) is 1. The highest BCUT2D eigenvalue weighted by molar-refractivity contribution is 9.10. The van der Waals surface area contributed by atoms with Crippen molar-refractivity contribution in [1.29, 1.82) is 0 Å². The van der Waals surface area contributed by atoms with Crippen molar-refractivity contribution in [3.63, 3.8) is 0 Å². The molecule has 0 saturated heterocycles. The largest absolute Gasteiger partial charge is 0.488 e. The van der Waals surface area contributed by atoms with Gasteiger partial charge in [-0.1, -0.05) is 57.9 Å². The van der Waals surface area contributed by atoms with Crippen LogP contribution in [0.5, 0.6) is 5.75 Å². The Labute approximate surface area is 171 Å². The van der Waals surface area contributed by atoms with Gasteiger partial charge in [-0.3, -0.25) is 4.79 Å². The van der Waals surface area contributed by atoms with Gasteiger partial charge < -0.3 is 4.74 Å². The van der Waals surface area contributed by atoms with Crippen molar-refractivity contribution in [1.82, 2.24) is 5.43 Å². The first-order chi connectivity index (χ1) is 13.1. The fourth-order valence-electron chi connectivity index (χ4n) is 2.32. The lowest BCUT2D eigenvalue weighted by Gasteiger charge is -2.10. The van der Waals surface area contributed by atoms with Crippen molar-refractivity contribution in [2.75, 3.05) is 0 Å². The van der Waals surface area contributed by atoms with Crippen molar-refractivity contribution >= 4 is 39.7 Å². The Morgan fingerprint density at radius 2 is 1.74 bits per heavy atom. The highest BCUT2D eigenvalue weighted by Crippen LogP contribution is 2.21. The van der Waals surface area contributed by atoms with E-state index in [0.29, 0.717) is 22.9 Å². The molecular formula is C21H16BrClN2O2. The predicted octanol–water partition coefficient (Wildman–Crippen LogP) is 5.45. The van der Waals surface area contributed by atoms with Crippen LogP contribution in [-0.2, 0) is 6.61 Å². The van der Waals surface area contributed by atoms with Crippen LogP contribution in [0.3, 0.4) is 0 Å². The van der Waals surface area contributed by atoms with E-state index in [4.69, 9.17) is 16.3 Å². The molecule has 0 spiro atoms. The zero-order valence-electron chi connectivity index (χ0n) is 14.2. The van der Waals surface area contributed by atoms with Crippen LogP contribution in [0.1, 0.15) is 21.5 Å². The summed E-state index contributed by atoms with van der Waals surface area (Å²) in [5, 5.41) is 4.69. The van der Waals surface area contributed by atoms with Crippen molar-refractivity contribution in [3.8, 4) is 5.75 Å². The summed E-state index contributed by atoms with van der Waals surface area (Å²) in [5.41, 5.74) is 4.69. The number of carbonyl (C=O) groups is 1. The van der Waals surface area contributed by atoms with Crippen molar-refractivity contribution in [2.24, 2.45) is 5.10 Å². The Bertz CT molecular complexity index is 958. The molecule has 4 nitrogen and oxygen atoms in total. The molecule has 0 atom stereocenters. The highest BCUT2D eigenvalue weighted by Gasteiger charge is 2.05. The van der Waals surface area contributed by atoms with Crippen LogP contribution >= 0.6 is 27.5 Å². The van der Waals surface area contributed by atoms with Gasteiger partial charge >= 0.3 is 0 Å². The molecule has 3 aromatic carbocycles. The number of hydrogen-bond donors (Lipinski definition) is 1. The smallest absolute Gasteiger partial charge is 0.271 e. The molecule has 0 saturated carbocycles. The maximum atomic E-state index is 12.1. The quantitative estimate of drug-likeness (QED) is 0.407. The molecule has 0 fully saturated rings. The van der Waals surface area contributed by atoms with E-state index in [2.05, 4.69) is 26.5 Å². The number of benzene rings is 3. The fraction of sp³-hybridized carbons (Fsp3) is 0.0476. The number of nitrogens with one attached hydrogen (secondary N) is 1. The van der Waals surface area contributed by atoms with E-state index in [0.717, 1.165) is 15.6 Å². The van der Waals surface area contributed by atoms with E-state index < -0.39 is 0 Å². The molecule has 0 heterocycles. The first kappa shape index (κ1) is 19.1. The first-order valence-electron chi connectivity index (χ1n) is 8.17. The Morgan fingerprint density at radius 3 is 2.52 bits per heavy atom. The summed E-state index contributed by atoms with van der Waals surface area (Å²) in [6, 6.07) is 22.0. The second-order valence-electron chi connectivity index (χ2n) is 5.62. The van der Waals surface area contributed by atoms with Crippen molar-refractivity contribution in [3.05, 3.63) is 99.0 Å². The molecular weight excluding hydrogens is 428 g/mol. The lowest BCUT2D eigenvalue weighted by atomic mass is 10.2. The number of hydrazone groups is 1. The number of hydrogen-bond acceptors (Lipinski definition) is 3. The predicted molar refractivity (Wildman–Crippen MR) is 111 cm³/mol. The van der Waals surface area contributed by atoms with Crippen LogP contribution in [0.15, 0.2) is 82.4 Å². The van der Waals surface area contributed by atoms with E-state index in [1.165, 1.54) is 0 Å². The number of amides is 1. The fourth-order valence-corrected chi connectivity index (χ4v) is 2.77. The normalized spacial score (nSPS) is 10.7. The zero-order valence-corrected chi connectivity index (χ0v) is 16.6. The standard InChI is InChI=1S/C21H16BrClN2O2/c22-18-11-9-15(10-12-18)21(26)25-24-13-16-5-2-4-8-20(16)27-14-17-6-1-3-7-19(17)23/h1-13H,14H2,(H,25,26)/b24-13-. The van der Waals surface area contributed by atoms with Crippen LogP contribution in [0, 0.1) is 0 Å². The average molecular weight is 444 g/mol. The van der Waals surface area contributed by atoms with Crippen molar-refractivity contribution in [2.45, 2.75) is 6.61 Å². The molecule has 0 bridgehead atoms. The van der Waals surface area contributed by atoms with Gasteiger partial charge in [0.1, 0.15) is 12.4 Å². The molecule has 136 valence electrons. The average Bonchev–Trinajstić information content (AvgIpc) is 2.69. The molecule has 1 N–H and O–H groups in total. The van der Waals surface area contributed by atoms with Crippen LogP contribution in [0.2, 0.25) is 5.02 Å². The van der Waals surface area contributed by atoms with Gasteiger partial charge in [-0.15, -0.1) is 0 Å². The molecule has 0 aromatic heterocycles.